The van der Waals surface area contributed by atoms with Gasteiger partial charge in [-0.2, -0.15) is 0 Å². The van der Waals surface area contributed by atoms with Crippen LogP contribution < -0.4 is 5.32 Å². The van der Waals surface area contributed by atoms with Crippen LogP contribution in [0.5, 0.6) is 0 Å². The Bertz CT molecular complexity index is 795. The molecule has 3 rings (SSSR count). The number of carboxylic acids is 1. The van der Waals surface area contributed by atoms with E-state index in [2.05, 4.69) is 10.3 Å². The number of nitrogens with zero attached hydrogens (tertiary/aromatic N) is 1. The Morgan fingerprint density at radius 2 is 1.92 bits per heavy atom. The Labute approximate surface area is 148 Å². The number of rotatable bonds is 5. The molecule has 1 aliphatic rings. The maximum atomic E-state index is 13.0. The van der Waals surface area contributed by atoms with Crippen molar-refractivity contribution in [3.05, 3.63) is 51.2 Å². The third-order valence-corrected chi connectivity index (χ3v) is 5.69. The van der Waals surface area contributed by atoms with Gasteiger partial charge in [0.1, 0.15) is 16.2 Å². The SMILES string of the molecule is Cc1nc(Cc2ccc(F)cc2)sc1C(=O)NC1(C(=O)O)CCCC1. The average molecular weight is 362 g/mol. The smallest absolute Gasteiger partial charge is 0.329 e. The highest BCUT2D eigenvalue weighted by molar-refractivity contribution is 7.13. The molecular weight excluding hydrogens is 343 g/mol. The number of nitrogens with one attached hydrogen (secondary N) is 1. The second kappa shape index (κ2) is 6.92. The van der Waals surface area contributed by atoms with Gasteiger partial charge in [-0.25, -0.2) is 14.2 Å². The molecule has 0 saturated heterocycles. The first-order valence-electron chi connectivity index (χ1n) is 8.16. The van der Waals surface area contributed by atoms with E-state index in [0.29, 0.717) is 29.8 Å². The summed E-state index contributed by atoms with van der Waals surface area (Å²) in [7, 11) is 0. The van der Waals surface area contributed by atoms with Gasteiger partial charge >= 0.3 is 5.97 Å². The van der Waals surface area contributed by atoms with Gasteiger partial charge in [0.25, 0.3) is 5.91 Å². The van der Waals surface area contributed by atoms with Crippen molar-refractivity contribution >= 4 is 23.2 Å². The molecule has 2 aromatic rings. The van der Waals surface area contributed by atoms with Gasteiger partial charge in [0.05, 0.1) is 10.7 Å². The van der Waals surface area contributed by atoms with Gasteiger partial charge in [-0.05, 0) is 37.5 Å². The summed E-state index contributed by atoms with van der Waals surface area (Å²) in [5, 5.41) is 13.0. The standard InChI is InChI=1S/C18H19FN2O3S/c1-11-15(16(22)21-18(17(23)24)8-2-3-9-18)25-14(20-11)10-12-4-6-13(19)7-5-12/h4-7H,2-3,8-10H2,1H3,(H,21,22)(H,23,24). The van der Waals surface area contributed by atoms with E-state index in [1.54, 1.807) is 19.1 Å². The number of hydrogen-bond donors (Lipinski definition) is 2. The van der Waals surface area contributed by atoms with Crippen LogP contribution in [0.4, 0.5) is 4.39 Å². The van der Waals surface area contributed by atoms with E-state index in [1.807, 2.05) is 0 Å². The number of aryl methyl sites for hydroxylation is 1. The molecule has 1 fully saturated rings. The van der Waals surface area contributed by atoms with Crippen LogP contribution in [0.3, 0.4) is 0 Å². The molecule has 25 heavy (non-hydrogen) atoms. The molecule has 5 nitrogen and oxygen atoms in total. The normalized spacial score (nSPS) is 15.9. The number of carbonyl (C=O) groups excluding carboxylic acids is 1. The summed E-state index contributed by atoms with van der Waals surface area (Å²) in [4.78, 5) is 29.0. The van der Waals surface area contributed by atoms with Crippen LogP contribution in [0, 0.1) is 12.7 Å². The molecule has 0 spiro atoms. The molecule has 0 aliphatic heterocycles. The summed E-state index contributed by atoms with van der Waals surface area (Å²) in [5.74, 6) is -1.66. The maximum Gasteiger partial charge on any atom is 0.329 e. The van der Waals surface area contributed by atoms with Crippen LogP contribution in [-0.4, -0.2) is 27.5 Å². The molecule has 1 amide bonds. The van der Waals surface area contributed by atoms with Crippen LogP contribution in [0.25, 0.3) is 0 Å². The number of amides is 1. The maximum absolute atomic E-state index is 13.0. The average Bonchev–Trinajstić information content (AvgIpc) is 3.17. The number of thiazole rings is 1. The van der Waals surface area contributed by atoms with E-state index in [1.165, 1.54) is 23.5 Å². The number of carbonyl (C=O) groups is 2. The molecule has 0 unspecified atom stereocenters. The Morgan fingerprint density at radius 1 is 1.28 bits per heavy atom. The first-order chi connectivity index (χ1) is 11.9. The van der Waals surface area contributed by atoms with Gasteiger partial charge in [-0.15, -0.1) is 11.3 Å². The zero-order chi connectivity index (χ0) is 18.0. The van der Waals surface area contributed by atoms with Gasteiger partial charge in [0, 0.05) is 6.42 Å². The third-order valence-electron chi connectivity index (χ3n) is 4.54. The molecule has 1 aromatic carbocycles. The third kappa shape index (κ3) is 3.71. The van der Waals surface area contributed by atoms with Crippen LogP contribution >= 0.6 is 11.3 Å². The molecule has 2 N–H and O–H groups in total. The molecule has 0 bridgehead atoms. The lowest BCUT2D eigenvalue weighted by molar-refractivity contribution is -0.144. The number of aliphatic carboxylic acids is 1. The van der Waals surface area contributed by atoms with Crippen LogP contribution in [-0.2, 0) is 11.2 Å². The van der Waals surface area contributed by atoms with E-state index in [4.69, 9.17) is 0 Å². The van der Waals surface area contributed by atoms with Gasteiger partial charge in [0.15, 0.2) is 0 Å². The van der Waals surface area contributed by atoms with Crippen molar-refractivity contribution in [3.8, 4) is 0 Å². The molecule has 1 heterocycles. The Kier molecular flexibility index (Phi) is 4.85. The van der Waals surface area contributed by atoms with Crippen molar-refractivity contribution in [2.24, 2.45) is 0 Å². The number of aromatic nitrogens is 1. The van der Waals surface area contributed by atoms with Crippen molar-refractivity contribution in [2.45, 2.75) is 44.6 Å². The number of carboxylic acid groups (broad SMARTS) is 1. The van der Waals surface area contributed by atoms with E-state index < -0.39 is 11.5 Å². The molecule has 0 radical (unpaired) electrons. The topological polar surface area (TPSA) is 79.3 Å². The van der Waals surface area contributed by atoms with Crippen LogP contribution in [0.2, 0.25) is 0 Å². The molecule has 1 aromatic heterocycles. The Hall–Kier alpha value is -2.28. The van der Waals surface area contributed by atoms with E-state index in [0.717, 1.165) is 23.4 Å². The van der Waals surface area contributed by atoms with Gasteiger partial charge in [-0.3, -0.25) is 4.79 Å². The number of benzene rings is 1. The quantitative estimate of drug-likeness (QED) is 0.855. The zero-order valence-corrected chi connectivity index (χ0v) is 14.7. The lowest BCUT2D eigenvalue weighted by atomic mass is 9.98. The van der Waals surface area contributed by atoms with Crippen LogP contribution in [0.1, 0.15) is 51.6 Å². The molecule has 132 valence electrons. The second-order valence-electron chi connectivity index (χ2n) is 6.37. The van der Waals surface area contributed by atoms with E-state index in [9.17, 15) is 19.1 Å². The van der Waals surface area contributed by atoms with Crippen molar-refractivity contribution in [1.82, 2.24) is 10.3 Å². The summed E-state index contributed by atoms with van der Waals surface area (Å²) < 4.78 is 13.0. The minimum atomic E-state index is -1.16. The second-order valence-corrected chi connectivity index (χ2v) is 7.46. The largest absolute Gasteiger partial charge is 0.480 e. The monoisotopic (exact) mass is 362 g/mol. The van der Waals surface area contributed by atoms with Gasteiger partial charge < -0.3 is 10.4 Å². The van der Waals surface area contributed by atoms with Gasteiger partial charge in [-0.1, -0.05) is 25.0 Å². The van der Waals surface area contributed by atoms with E-state index in [-0.39, 0.29) is 11.7 Å². The summed E-state index contributed by atoms with van der Waals surface area (Å²) in [6.45, 7) is 1.74. The van der Waals surface area contributed by atoms with Crippen molar-refractivity contribution in [3.63, 3.8) is 0 Å². The lowest BCUT2D eigenvalue weighted by Crippen LogP contribution is -2.52. The molecule has 7 heteroatoms. The first kappa shape index (κ1) is 17.5. The highest BCUT2D eigenvalue weighted by atomic mass is 32.1. The summed E-state index contributed by atoms with van der Waals surface area (Å²) in [5.41, 5.74) is 0.322. The predicted molar refractivity (Wildman–Crippen MR) is 92.4 cm³/mol. The van der Waals surface area contributed by atoms with Gasteiger partial charge in [0.2, 0.25) is 0 Å². The highest BCUT2D eigenvalue weighted by Crippen LogP contribution is 2.31. The molecule has 0 atom stereocenters. The molecular formula is C18H19FN2O3S. The van der Waals surface area contributed by atoms with Crippen molar-refractivity contribution < 1.29 is 19.1 Å². The fourth-order valence-electron chi connectivity index (χ4n) is 3.16. The molecule has 1 saturated carbocycles. The first-order valence-corrected chi connectivity index (χ1v) is 8.98. The summed E-state index contributed by atoms with van der Waals surface area (Å²) >= 11 is 1.25. The fraction of sp³-hybridized carbons (Fsp3) is 0.389. The minimum Gasteiger partial charge on any atom is -0.480 e. The Morgan fingerprint density at radius 3 is 2.52 bits per heavy atom. The number of halogens is 1. The predicted octanol–water partition coefficient (Wildman–Crippen LogP) is 3.31. The van der Waals surface area contributed by atoms with Crippen molar-refractivity contribution in [1.29, 1.82) is 0 Å². The zero-order valence-electron chi connectivity index (χ0n) is 13.8. The highest BCUT2D eigenvalue weighted by Gasteiger charge is 2.43. The van der Waals surface area contributed by atoms with Crippen molar-refractivity contribution in [2.75, 3.05) is 0 Å². The summed E-state index contributed by atoms with van der Waals surface area (Å²) in [6.07, 6.45) is 3.00. The number of hydrogen-bond acceptors (Lipinski definition) is 4. The molecule has 1 aliphatic carbocycles. The lowest BCUT2D eigenvalue weighted by Gasteiger charge is -2.24. The minimum absolute atomic E-state index is 0.297. The Balaban J connectivity index is 1.76. The fourth-order valence-corrected chi connectivity index (χ4v) is 4.15. The van der Waals surface area contributed by atoms with Crippen LogP contribution in [0.15, 0.2) is 24.3 Å². The summed E-state index contributed by atoms with van der Waals surface area (Å²) in [6, 6.07) is 6.15. The van der Waals surface area contributed by atoms with E-state index >= 15 is 0 Å².